The molecule has 0 saturated heterocycles. The third-order valence-corrected chi connectivity index (χ3v) is 6.35. The summed E-state index contributed by atoms with van der Waals surface area (Å²) in [6.45, 7) is 1.97. The van der Waals surface area contributed by atoms with Crippen LogP contribution in [-0.2, 0) is 6.54 Å². The number of aromatic hydroxyl groups is 1. The highest BCUT2D eigenvalue weighted by atomic mass is 35.5. The SMILES string of the molecule is Cc1ccc[n+]2c(=O)c(-c3cccc(SC(F)(F)F)c3)c(O)n(Cc3cnc(Cl)s3)c12. The van der Waals surface area contributed by atoms with Crippen LogP contribution in [0.1, 0.15) is 10.4 Å². The first-order chi connectivity index (χ1) is 14.6. The molecule has 0 saturated carbocycles. The molecule has 5 nitrogen and oxygen atoms in total. The van der Waals surface area contributed by atoms with E-state index in [1.807, 2.05) is 0 Å². The van der Waals surface area contributed by atoms with Gasteiger partial charge in [0.2, 0.25) is 0 Å². The second-order valence-corrected chi connectivity index (χ2v) is 9.47. The molecule has 1 N–H and O–H groups in total. The molecule has 4 rings (SSSR count). The van der Waals surface area contributed by atoms with Gasteiger partial charge >= 0.3 is 11.1 Å². The number of pyridine rings is 1. The smallest absolute Gasteiger partial charge is 0.446 e. The first kappa shape index (κ1) is 21.7. The number of hydrogen-bond acceptors (Lipinski definition) is 5. The first-order valence-corrected chi connectivity index (χ1v) is 10.9. The Morgan fingerprint density at radius 3 is 2.74 bits per heavy atom. The number of thiazole rings is 1. The highest BCUT2D eigenvalue weighted by Gasteiger charge is 2.31. The molecular formula is C20H14ClF3N3O2S2+. The first-order valence-electron chi connectivity index (χ1n) is 8.87. The van der Waals surface area contributed by atoms with Crippen LogP contribution in [-0.4, -0.2) is 20.2 Å². The van der Waals surface area contributed by atoms with Gasteiger partial charge in [0.05, 0.1) is 11.1 Å². The average molecular weight is 485 g/mol. The number of fused-ring (bicyclic) bond motifs is 1. The van der Waals surface area contributed by atoms with Crippen molar-refractivity contribution in [2.75, 3.05) is 0 Å². The van der Waals surface area contributed by atoms with Crippen molar-refractivity contribution in [3.63, 3.8) is 0 Å². The lowest BCUT2D eigenvalue weighted by Crippen LogP contribution is -2.44. The maximum atomic E-state index is 13.2. The lowest BCUT2D eigenvalue weighted by molar-refractivity contribution is -0.532. The van der Waals surface area contributed by atoms with Crippen LogP contribution in [0.3, 0.4) is 0 Å². The maximum Gasteiger partial charge on any atom is 0.446 e. The summed E-state index contributed by atoms with van der Waals surface area (Å²) < 4.78 is 41.7. The number of alkyl halides is 3. The molecule has 0 bridgehead atoms. The number of benzene rings is 1. The Morgan fingerprint density at radius 2 is 2.06 bits per heavy atom. The van der Waals surface area contributed by atoms with E-state index in [2.05, 4.69) is 4.98 Å². The zero-order valence-electron chi connectivity index (χ0n) is 15.9. The van der Waals surface area contributed by atoms with Crippen molar-refractivity contribution in [1.82, 2.24) is 9.55 Å². The molecule has 3 aromatic heterocycles. The van der Waals surface area contributed by atoms with E-state index in [1.54, 1.807) is 31.5 Å². The Bertz CT molecular complexity index is 1350. The quantitative estimate of drug-likeness (QED) is 0.326. The monoisotopic (exact) mass is 484 g/mol. The van der Waals surface area contributed by atoms with Crippen LogP contribution < -0.4 is 9.96 Å². The molecule has 0 fully saturated rings. The summed E-state index contributed by atoms with van der Waals surface area (Å²) in [4.78, 5) is 17.9. The van der Waals surface area contributed by atoms with Crippen molar-refractivity contribution < 1.29 is 22.7 Å². The van der Waals surface area contributed by atoms with Crippen molar-refractivity contribution >= 4 is 40.3 Å². The third-order valence-electron chi connectivity index (χ3n) is 4.53. The number of thioether (sulfide) groups is 1. The predicted molar refractivity (Wildman–Crippen MR) is 114 cm³/mol. The molecule has 0 aliphatic carbocycles. The van der Waals surface area contributed by atoms with E-state index in [-0.39, 0.29) is 40.2 Å². The van der Waals surface area contributed by atoms with Crippen molar-refractivity contribution in [2.45, 2.75) is 23.9 Å². The molecule has 0 spiro atoms. The molecule has 0 aliphatic rings. The van der Waals surface area contributed by atoms with Gasteiger partial charge in [-0.15, -0.1) is 11.3 Å². The van der Waals surface area contributed by atoms with Gasteiger partial charge in [-0.05, 0) is 48.5 Å². The van der Waals surface area contributed by atoms with Gasteiger partial charge in [0.15, 0.2) is 10.0 Å². The maximum absolute atomic E-state index is 13.2. The zero-order chi connectivity index (χ0) is 22.3. The largest absolute Gasteiger partial charge is 0.477 e. The second-order valence-electron chi connectivity index (χ2n) is 6.63. The van der Waals surface area contributed by atoms with Crippen molar-refractivity contribution in [3.8, 4) is 17.0 Å². The van der Waals surface area contributed by atoms with Gasteiger partial charge < -0.3 is 5.11 Å². The molecule has 0 atom stereocenters. The topological polar surface area (TPSA) is 59.2 Å². The molecule has 1 aromatic carbocycles. The van der Waals surface area contributed by atoms with Gasteiger partial charge in [-0.3, -0.25) is 0 Å². The van der Waals surface area contributed by atoms with Crippen LogP contribution in [0.5, 0.6) is 5.88 Å². The van der Waals surface area contributed by atoms with Crippen LogP contribution in [0.4, 0.5) is 13.2 Å². The molecule has 31 heavy (non-hydrogen) atoms. The summed E-state index contributed by atoms with van der Waals surface area (Å²) in [6.07, 6.45) is 3.12. The van der Waals surface area contributed by atoms with E-state index in [0.717, 1.165) is 10.4 Å². The summed E-state index contributed by atoms with van der Waals surface area (Å²) in [6, 6.07) is 8.94. The van der Waals surface area contributed by atoms with Crippen LogP contribution in [0.15, 0.2) is 58.5 Å². The number of rotatable bonds is 4. The molecule has 0 amide bonds. The molecule has 160 valence electrons. The van der Waals surface area contributed by atoms with Gasteiger partial charge in [0.25, 0.3) is 11.5 Å². The van der Waals surface area contributed by atoms with Crippen LogP contribution in [0.2, 0.25) is 4.47 Å². The summed E-state index contributed by atoms with van der Waals surface area (Å²) in [5.41, 5.74) is -3.73. The summed E-state index contributed by atoms with van der Waals surface area (Å²) in [7, 11) is 0. The number of nitrogens with zero attached hydrogens (tertiary/aromatic N) is 3. The Kier molecular flexibility index (Phi) is 5.71. The van der Waals surface area contributed by atoms with E-state index < -0.39 is 11.1 Å². The van der Waals surface area contributed by atoms with Crippen LogP contribution in [0.25, 0.3) is 16.8 Å². The minimum absolute atomic E-state index is 0.0843. The van der Waals surface area contributed by atoms with E-state index >= 15 is 0 Å². The minimum atomic E-state index is -4.47. The second kappa shape index (κ2) is 8.18. The Hall–Kier alpha value is -2.56. The van der Waals surface area contributed by atoms with Gasteiger partial charge in [-0.1, -0.05) is 23.7 Å². The summed E-state index contributed by atoms with van der Waals surface area (Å²) >= 11 is 6.87. The predicted octanol–water partition coefficient (Wildman–Crippen LogP) is 5.04. The van der Waals surface area contributed by atoms with E-state index in [0.29, 0.717) is 10.1 Å². The lowest BCUT2D eigenvalue weighted by Gasteiger charge is -2.12. The average Bonchev–Trinajstić information content (AvgIpc) is 3.09. The molecule has 4 aromatic rings. The van der Waals surface area contributed by atoms with E-state index in [1.165, 1.54) is 44.6 Å². The molecule has 3 heterocycles. The number of hydrogen-bond donors (Lipinski definition) is 1. The van der Waals surface area contributed by atoms with E-state index in [9.17, 15) is 23.1 Å². The van der Waals surface area contributed by atoms with Gasteiger partial charge in [-0.2, -0.15) is 22.1 Å². The van der Waals surface area contributed by atoms with Crippen LogP contribution >= 0.6 is 34.7 Å². The van der Waals surface area contributed by atoms with Gasteiger partial charge in [0.1, 0.15) is 6.54 Å². The highest BCUT2D eigenvalue weighted by molar-refractivity contribution is 8.00. The van der Waals surface area contributed by atoms with Crippen molar-refractivity contribution in [3.05, 3.63) is 74.1 Å². The Labute approximate surface area is 187 Å². The lowest BCUT2D eigenvalue weighted by atomic mass is 10.1. The Balaban J connectivity index is 1.97. The Morgan fingerprint density at radius 1 is 1.29 bits per heavy atom. The molecular weight excluding hydrogens is 471 g/mol. The molecule has 11 heteroatoms. The van der Waals surface area contributed by atoms with Crippen molar-refractivity contribution in [2.24, 2.45) is 0 Å². The summed E-state index contributed by atoms with van der Waals surface area (Å²) in [5.74, 6) is -0.349. The molecule has 0 unspecified atom stereocenters. The molecule has 0 radical (unpaired) electrons. The fourth-order valence-corrected chi connectivity index (χ4v) is 4.90. The standard InChI is InChI=1S/C20H13ClF3N3O2S2/c1-11-4-3-7-26-16(11)27(10-14-9-25-19(21)30-14)18(29)15(17(26)28)12-5-2-6-13(8-12)31-20(22,23)24/h2-9H,10H2,1H3/p+1. The highest BCUT2D eigenvalue weighted by Crippen LogP contribution is 2.38. The van der Waals surface area contributed by atoms with Gasteiger partial charge in [-0.25, -0.2) is 9.78 Å². The van der Waals surface area contributed by atoms with Crippen LogP contribution in [0, 0.1) is 6.92 Å². The van der Waals surface area contributed by atoms with Crippen molar-refractivity contribution in [1.29, 1.82) is 0 Å². The normalized spacial score (nSPS) is 11.9. The molecule has 0 aliphatic heterocycles. The van der Waals surface area contributed by atoms with E-state index in [4.69, 9.17) is 11.6 Å². The van der Waals surface area contributed by atoms with Gasteiger partial charge in [0, 0.05) is 16.7 Å². The number of aryl methyl sites for hydroxylation is 1. The minimum Gasteiger partial charge on any atom is -0.477 e. The third kappa shape index (κ3) is 4.41. The number of halogens is 4. The summed E-state index contributed by atoms with van der Waals surface area (Å²) in [5, 5.41) is 11.1. The fourth-order valence-electron chi connectivity index (χ4n) is 3.33. The zero-order valence-corrected chi connectivity index (χ0v) is 18.2. The fraction of sp³-hybridized carbons (Fsp3) is 0.150. The number of aromatic nitrogens is 3.